The third kappa shape index (κ3) is 3.59. The van der Waals surface area contributed by atoms with Crippen LogP contribution in [0.1, 0.15) is 12.2 Å². The van der Waals surface area contributed by atoms with Crippen molar-refractivity contribution < 1.29 is 14.0 Å². The Balaban J connectivity index is 1.58. The molecular weight excluding hydrogens is 306 g/mol. The van der Waals surface area contributed by atoms with Crippen molar-refractivity contribution in [3.63, 3.8) is 0 Å². The molecular formula is C18H21N3O3. The molecule has 1 N–H and O–H groups in total. The first-order valence-electron chi connectivity index (χ1n) is 7.91. The zero-order chi connectivity index (χ0) is 17.1. The Labute approximate surface area is 141 Å². The summed E-state index contributed by atoms with van der Waals surface area (Å²) in [6, 6.07) is 11.2. The molecule has 1 saturated heterocycles. The molecule has 2 aromatic rings. The molecule has 2 amide bonds. The van der Waals surface area contributed by atoms with Crippen LogP contribution in [0.4, 0.5) is 11.4 Å². The van der Waals surface area contributed by atoms with Crippen LogP contribution in [0.2, 0.25) is 0 Å². The van der Waals surface area contributed by atoms with Gasteiger partial charge in [0.1, 0.15) is 5.76 Å². The molecule has 6 heteroatoms. The van der Waals surface area contributed by atoms with E-state index < -0.39 is 0 Å². The number of carbonyl (C=O) groups excluding carboxylic acids is 2. The minimum Gasteiger partial charge on any atom is -0.467 e. The van der Waals surface area contributed by atoms with Crippen molar-refractivity contribution in [3.05, 3.63) is 48.4 Å². The molecule has 3 rings (SSSR count). The first-order chi connectivity index (χ1) is 11.5. The van der Waals surface area contributed by atoms with E-state index in [9.17, 15) is 9.59 Å². The molecule has 0 radical (unpaired) electrons. The number of hydrogen-bond donors (Lipinski definition) is 1. The SMILES string of the molecule is CN(C)c1ccc(NC(=O)C2CC(=O)N(Cc3ccco3)C2)cc1. The normalized spacial score (nSPS) is 17.2. The first-order valence-corrected chi connectivity index (χ1v) is 7.91. The highest BCUT2D eigenvalue weighted by atomic mass is 16.3. The quantitative estimate of drug-likeness (QED) is 0.915. The number of amides is 2. The summed E-state index contributed by atoms with van der Waals surface area (Å²) in [4.78, 5) is 28.1. The smallest absolute Gasteiger partial charge is 0.229 e. The number of rotatable bonds is 5. The van der Waals surface area contributed by atoms with Gasteiger partial charge in [-0.3, -0.25) is 9.59 Å². The van der Waals surface area contributed by atoms with Gasteiger partial charge in [-0.1, -0.05) is 0 Å². The molecule has 0 spiro atoms. The van der Waals surface area contributed by atoms with Gasteiger partial charge in [-0.25, -0.2) is 0 Å². The molecule has 24 heavy (non-hydrogen) atoms. The van der Waals surface area contributed by atoms with Crippen molar-refractivity contribution in [3.8, 4) is 0 Å². The highest BCUT2D eigenvalue weighted by Gasteiger charge is 2.34. The molecule has 0 aliphatic carbocycles. The Morgan fingerprint density at radius 1 is 1.29 bits per heavy atom. The van der Waals surface area contributed by atoms with E-state index in [1.807, 2.05) is 49.3 Å². The lowest BCUT2D eigenvalue weighted by atomic mass is 10.1. The van der Waals surface area contributed by atoms with Gasteiger partial charge in [0.25, 0.3) is 0 Å². The topological polar surface area (TPSA) is 65.8 Å². The molecule has 1 fully saturated rings. The second-order valence-electron chi connectivity index (χ2n) is 6.19. The fourth-order valence-corrected chi connectivity index (χ4v) is 2.78. The van der Waals surface area contributed by atoms with Crippen molar-refractivity contribution in [2.24, 2.45) is 5.92 Å². The van der Waals surface area contributed by atoms with E-state index in [1.165, 1.54) is 0 Å². The van der Waals surface area contributed by atoms with Gasteiger partial charge in [0, 0.05) is 38.4 Å². The Kier molecular flexibility index (Phi) is 4.55. The highest BCUT2D eigenvalue weighted by molar-refractivity contribution is 5.97. The lowest BCUT2D eigenvalue weighted by Crippen LogP contribution is -2.27. The first kappa shape index (κ1) is 16.1. The van der Waals surface area contributed by atoms with E-state index in [2.05, 4.69) is 5.32 Å². The zero-order valence-electron chi connectivity index (χ0n) is 13.9. The number of benzene rings is 1. The zero-order valence-corrected chi connectivity index (χ0v) is 13.9. The molecule has 1 aliphatic rings. The lowest BCUT2D eigenvalue weighted by Gasteiger charge is -2.16. The fraction of sp³-hybridized carbons (Fsp3) is 0.333. The lowest BCUT2D eigenvalue weighted by molar-refractivity contribution is -0.128. The monoisotopic (exact) mass is 327 g/mol. The predicted octanol–water partition coefficient (Wildman–Crippen LogP) is 2.33. The summed E-state index contributed by atoms with van der Waals surface area (Å²) in [7, 11) is 3.93. The summed E-state index contributed by atoms with van der Waals surface area (Å²) < 4.78 is 5.27. The van der Waals surface area contributed by atoms with Gasteiger partial charge >= 0.3 is 0 Å². The number of furan rings is 1. The van der Waals surface area contributed by atoms with Gasteiger partial charge in [0.2, 0.25) is 11.8 Å². The van der Waals surface area contributed by atoms with Gasteiger partial charge in [0.15, 0.2) is 0 Å². The fourth-order valence-electron chi connectivity index (χ4n) is 2.78. The summed E-state index contributed by atoms with van der Waals surface area (Å²) in [6.07, 6.45) is 1.82. The maximum Gasteiger partial charge on any atom is 0.229 e. The number of nitrogens with one attached hydrogen (secondary N) is 1. The third-order valence-electron chi connectivity index (χ3n) is 4.16. The van der Waals surface area contributed by atoms with Crippen molar-refractivity contribution in [2.45, 2.75) is 13.0 Å². The minimum atomic E-state index is -0.332. The molecule has 1 aliphatic heterocycles. The molecule has 1 aromatic carbocycles. The standard InChI is InChI=1S/C18H21N3O3/c1-20(2)15-7-5-14(6-8-15)19-18(23)13-10-17(22)21(11-13)12-16-4-3-9-24-16/h3-9,13H,10-12H2,1-2H3,(H,19,23). The minimum absolute atomic E-state index is 0.0190. The average Bonchev–Trinajstić information content (AvgIpc) is 3.19. The number of carbonyl (C=O) groups is 2. The average molecular weight is 327 g/mol. The van der Waals surface area contributed by atoms with Gasteiger partial charge in [-0.05, 0) is 36.4 Å². The van der Waals surface area contributed by atoms with E-state index in [-0.39, 0.29) is 24.2 Å². The van der Waals surface area contributed by atoms with Crippen LogP contribution >= 0.6 is 0 Å². The van der Waals surface area contributed by atoms with Crippen LogP contribution in [0.25, 0.3) is 0 Å². The Bertz CT molecular complexity index is 708. The third-order valence-corrected chi connectivity index (χ3v) is 4.16. The number of hydrogen-bond acceptors (Lipinski definition) is 4. The number of anilines is 2. The van der Waals surface area contributed by atoms with Gasteiger partial charge in [-0.2, -0.15) is 0 Å². The Morgan fingerprint density at radius 3 is 2.67 bits per heavy atom. The number of nitrogens with zero attached hydrogens (tertiary/aromatic N) is 2. The maximum absolute atomic E-state index is 12.4. The van der Waals surface area contributed by atoms with E-state index in [4.69, 9.17) is 4.42 Å². The molecule has 1 atom stereocenters. The largest absolute Gasteiger partial charge is 0.467 e. The van der Waals surface area contributed by atoms with Crippen LogP contribution in [-0.4, -0.2) is 37.4 Å². The van der Waals surface area contributed by atoms with E-state index >= 15 is 0 Å². The summed E-state index contributed by atoms with van der Waals surface area (Å²) in [5, 5.41) is 2.89. The maximum atomic E-state index is 12.4. The van der Waals surface area contributed by atoms with E-state index in [1.54, 1.807) is 17.2 Å². The van der Waals surface area contributed by atoms with Crippen molar-refractivity contribution >= 4 is 23.2 Å². The van der Waals surface area contributed by atoms with Crippen LogP contribution in [-0.2, 0) is 16.1 Å². The van der Waals surface area contributed by atoms with Crippen LogP contribution < -0.4 is 10.2 Å². The van der Waals surface area contributed by atoms with Gasteiger partial charge < -0.3 is 19.5 Å². The second-order valence-corrected chi connectivity index (χ2v) is 6.19. The molecule has 1 unspecified atom stereocenters. The van der Waals surface area contributed by atoms with E-state index in [0.29, 0.717) is 13.1 Å². The van der Waals surface area contributed by atoms with Crippen LogP contribution in [0.5, 0.6) is 0 Å². The van der Waals surface area contributed by atoms with Crippen molar-refractivity contribution in [1.82, 2.24) is 4.90 Å². The Morgan fingerprint density at radius 2 is 2.04 bits per heavy atom. The summed E-state index contributed by atoms with van der Waals surface area (Å²) in [6.45, 7) is 0.828. The predicted molar refractivity (Wildman–Crippen MR) is 91.6 cm³/mol. The number of likely N-dealkylation sites (tertiary alicyclic amines) is 1. The molecule has 1 aromatic heterocycles. The highest BCUT2D eigenvalue weighted by Crippen LogP contribution is 2.23. The molecule has 0 saturated carbocycles. The molecule has 0 bridgehead atoms. The van der Waals surface area contributed by atoms with Crippen molar-refractivity contribution in [1.29, 1.82) is 0 Å². The van der Waals surface area contributed by atoms with Crippen LogP contribution in [0.15, 0.2) is 47.1 Å². The van der Waals surface area contributed by atoms with Gasteiger partial charge in [-0.15, -0.1) is 0 Å². The second kappa shape index (κ2) is 6.78. The molecule has 2 heterocycles. The summed E-state index contributed by atoms with van der Waals surface area (Å²) in [5.41, 5.74) is 1.80. The van der Waals surface area contributed by atoms with Crippen molar-refractivity contribution in [2.75, 3.05) is 30.9 Å². The summed E-state index contributed by atoms with van der Waals surface area (Å²) >= 11 is 0. The van der Waals surface area contributed by atoms with E-state index in [0.717, 1.165) is 17.1 Å². The van der Waals surface area contributed by atoms with Crippen LogP contribution in [0, 0.1) is 5.92 Å². The molecule has 6 nitrogen and oxygen atoms in total. The van der Waals surface area contributed by atoms with Gasteiger partial charge in [0.05, 0.1) is 18.7 Å². The molecule has 126 valence electrons. The summed E-state index contributed by atoms with van der Waals surface area (Å²) in [5.74, 6) is 0.252. The Hall–Kier alpha value is -2.76. The van der Waals surface area contributed by atoms with Crippen LogP contribution in [0.3, 0.4) is 0 Å².